The minimum absolute atomic E-state index is 0.0762. The molecule has 0 unspecified atom stereocenters. The van der Waals surface area contributed by atoms with Crippen molar-refractivity contribution >= 4 is 11.8 Å². The molecule has 5 rings (SSSR count). The van der Waals surface area contributed by atoms with E-state index in [2.05, 4.69) is 10.6 Å². The van der Waals surface area contributed by atoms with Gasteiger partial charge in [-0.2, -0.15) is 0 Å². The van der Waals surface area contributed by atoms with E-state index < -0.39 is 0 Å². The molecule has 1 aromatic rings. The second-order valence-corrected chi connectivity index (χ2v) is 8.58. The molecule has 0 atom stereocenters. The fraction of sp³-hybridized carbons (Fsp3) is 0.619. The quantitative estimate of drug-likeness (QED) is 0.810. The zero-order valence-corrected chi connectivity index (χ0v) is 15.0. The normalized spacial score (nSPS) is 32.4. The van der Waals surface area contributed by atoms with Crippen molar-refractivity contribution in [3.05, 3.63) is 35.4 Å². The van der Waals surface area contributed by atoms with Crippen LogP contribution in [0.3, 0.4) is 0 Å². The second kappa shape index (κ2) is 6.47. The van der Waals surface area contributed by atoms with Crippen LogP contribution in [0.15, 0.2) is 24.3 Å². The fourth-order valence-corrected chi connectivity index (χ4v) is 5.82. The van der Waals surface area contributed by atoms with Gasteiger partial charge in [0.1, 0.15) is 0 Å². The number of carbonyl (C=O) groups excluding carboxylic acids is 2. The van der Waals surface area contributed by atoms with Crippen molar-refractivity contribution in [3.63, 3.8) is 0 Å². The largest absolute Gasteiger partial charge is 0.354 e. The van der Waals surface area contributed by atoms with E-state index in [1.54, 1.807) is 0 Å². The van der Waals surface area contributed by atoms with Gasteiger partial charge in [0.25, 0.3) is 5.91 Å². The predicted molar refractivity (Wildman–Crippen MR) is 97.1 cm³/mol. The van der Waals surface area contributed by atoms with Gasteiger partial charge < -0.3 is 10.6 Å². The van der Waals surface area contributed by atoms with Crippen LogP contribution < -0.4 is 10.6 Å². The van der Waals surface area contributed by atoms with Crippen molar-refractivity contribution in [2.75, 3.05) is 13.1 Å². The Morgan fingerprint density at radius 3 is 2.20 bits per heavy atom. The number of hydrogen-bond acceptors (Lipinski definition) is 2. The Kier molecular flexibility index (Phi) is 4.30. The Labute approximate surface area is 149 Å². The number of nitrogens with one attached hydrogen (secondary N) is 2. The number of benzene rings is 1. The van der Waals surface area contributed by atoms with E-state index in [1.165, 1.54) is 19.3 Å². The average molecular weight is 340 g/mol. The summed E-state index contributed by atoms with van der Waals surface area (Å²) < 4.78 is 0. The first-order chi connectivity index (χ1) is 12.0. The number of hydrogen-bond donors (Lipinski definition) is 2. The van der Waals surface area contributed by atoms with Gasteiger partial charge in [-0.25, -0.2) is 0 Å². The summed E-state index contributed by atoms with van der Waals surface area (Å²) in [5.74, 6) is 2.48. The highest BCUT2D eigenvalue weighted by Gasteiger charge is 2.54. The molecule has 0 spiro atoms. The standard InChI is InChI=1S/C21H28N2O2/c1-14-3-2-4-18(7-14)19(24)22-5-6-23-20(25)21-11-15-8-16(12-21)10-17(9-15)13-21/h2-4,7,15-17H,5-6,8-13H2,1H3,(H,22,24)(H,23,25). The molecular weight excluding hydrogens is 312 g/mol. The van der Waals surface area contributed by atoms with Crippen LogP contribution in [0.2, 0.25) is 0 Å². The van der Waals surface area contributed by atoms with Crippen LogP contribution in [0, 0.1) is 30.1 Å². The number of aryl methyl sites for hydroxylation is 1. The molecule has 25 heavy (non-hydrogen) atoms. The summed E-state index contributed by atoms with van der Waals surface area (Å²) in [4.78, 5) is 25.0. The SMILES string of the molecule is Cc1cccc(C(=O)NCCNC(=O)C23CC4CC(CC(C4)C2)C3)c1. The summed E-state index contributed by atoms with van der Waals surface area (Å²) in [6.07, 6.45) is 7.29. The molecule has 0 aromatic heterocycles. The maximum absolute atomic E-state index is 12.8. The van der Waals surface area contributed by atoms with Crippen molar-refractivity contribution in [1.82, 2.24) is 10.6 Å². The van der Waals surface area contributed by atoms with Gasteiger partial charge in [0, 0.05) is 24.1 Å². The molecule has 4 fully saturated rings. The summed E-state index contributed by atoms with van der Waals surface area (Å²) >= 11 is 0. The van der Waals surface area contributed by atoms with Crippen LogP contribution in [-0.4, -0.2) is 24.9 Å². The molecule has 0 radical (unpaired) electrons. The van der Waals surface area contributed by atoms with E-state index in [1.807, 2.05) is 31.2 Å². The molecule has 0 saturated heterocycles. The van der Waals surface area contributed by atoms with Gasteiger partial charge in [0.2, 0.25) is 5.91 Å². The van der Waals surface area contributed by atoms with Crippen LogP contribution in [0.25, 0.3) is 0 Å². The summed E-state index contributed by atoms with van der Waals surface area (Å²) in [5.41, 5.74) is 1.64. The first-order valence-corrected chi connectivity index (χ1v) is 9.67. The highest BCUT2D eigenvalue weighted by molar-refractivity contribution is 5.94. The lowest BCUT2D eigenvalue weighted by atomic mass is 9.49. The maximum Gasteiger partial charge on any atom is 0.251 e. The molecule has 0 aliphatic heterocycles. The third-order valence-electron chi connectivity index (χ3n) is 6.50. The lowest BCUT2D eigenvalue weighted by Crippen LogP contribution is -2.54. The highest BCUT2D eigenvalue weighted by atomic mass is 16.2. The van der Waals surface area contributed by atoms with Crippen LogP contribution in [0.1, 0.15) is 54.4 Å². The number of carbonyl (C=O) groups is 2. The Balaban J connectivity index is 1.26. The van der Waals surface area contributed by atoms with Gasteiger partial charge >= 0.3 is 0 Å². The van der Waals surface area contributed by atoms with Gasteiger partial charge in [0.05, 0.1) is 0 Å². The van der Waals surface area contributed by atoms with E-state index >= 15 is 0 Å². The van der Waals surface area contributed by atoms with Crippen molar-refractivity contribution < 1.29 is 9.59 Å². The monoisotopic (exact) mass is 340 g/mol. The third-order valence-corrected chi connectivity index (χ3v) is 6.50. The van der Waals surface area contributed by atoms with E-state index in [4.69, 9.17) is 0 Å². The topological polar surface area (TPSA) is 58.2 Å². The van der Waals surface area contributed by atoms with Gasteiger partial charge in [0.15, 0.2) is 0 Å². The van der Waals surface area contributed by atoms with E-state index in [-0.39, 0.29) is 17.2 Å². The van der Waals surface area contributed by atoms with Gasteiger partial charge in [-0.05, 0) is 75.3 Å². The van der Waals surface area contributed by atoms with Gasteiger partial charge in [-0.15, -0.1) is 0 Å². The Bertz CT molecular complexity index is 647. The van der Waals surface area contributed by atoms with Crippen molar-refractivity contribution in [2.24, 2.45) is 23.2 Å². The average Bonchev–Trinajstić information content (AvgIpc) is 2.57. The van der Waals surface area contributed by atoms with Crippen molar-refractivity contribution in [1.29, 1.82) is 0 Å². The molecule has 0 heterocycles. The van der Waals surface area contributed by atoms with Crippen LogP contribution >= 0.6 is 0 Å². The zero-order valence-electron chi connectivity index (χ0n) is 15.0. The van der Waals surface area contributed by atoms with E-state index in [9.17, 15) is 9.59 Å². The van der Waals surface area contributed by atoms with Crippen molar-refractivity contribution in [3.8, 4) is 0 Å². The lowest BCUT2D eigenvalue weighted by Gasteiger charge is -2.55. The van der Waals surface area contributed by atoms with Crippen LogP contribution in [0.5, 0.6) is 0 Å². The van der Waals surface area contributed by atoms with E-state index in [0.717, 1.165) is 42.6 Å². The lowest BCUT2D eigenvalue weighted by molar-refractivity contribution is -0.146. The van der Waals surface area contributed by atoms with Gasteiger partial charge in [-0.1, -0.05) is 17.7 Å². The molecule has 4 bridgehead atoms. The Morgan fingerprint density at radius 2 is 1.60 bits per heavy atom. The summed E-state index contributed by atoms with van der Waals surface area (Å²) in [6.45, 7) is 2.96. The molecule has 4 saturated carbocycles. The molecule has 2 N–H and O–H groups in total. The first kappa shape index (κ1) is 16.6. The number of amides is 2. The molecule has 4 heteroatoms. The maximum atomic E-state index is 12.8. The molecule has 134 valence electrons. The third kappa shape index (κ3) is 3.31. The predicted octanol–water partition coefficient (Wildman–Crippen LogP) is 3.06. The zero-order chi connectivity index (χ0) is 17.4. The highest BCUT2D eigenvalue weighted by Crippen LogP contribution is 2.60. The molecule has 4 nitrogen and oxygen atoms in total. The van der Waals surface area contributed by atoms with Crippen LogP contribution in [0.4, 0.5) is 0 Å². The Hall–Kier alpha value is -1.84. The summed E-state index contributed by atoms with van der Waals surface area (Å²) in [7, 11) is 0. The fourth-order valence-electron chi connectivity index (χ4n) is 5.82. The molecule has 2 amide bonds. The summed E-state index contributed by atoms with van der Waals surface area (Å²) in [6, 6.07) is 7.56. The minimum Gasteiger partial charge on any atom is -0.354 e. The van der Waals surface area contributed by atoms with Gasteiger partial charge in [-0.3, -0.25) is 9.59 Å². The van der Waals surface area contributed by atoms with E-state index in [0.29, 0.717) is 18.7 Å². The summed E-state index contributed by atoms with van der Waals surface area (Å²) in [5, 5.41) is 6.01. The molecule has 4 aliphatic rings. The smallest absolute Gasteiger partial charge is 0.251 e. The number of rotatable bonds is 5. The minimum atomic E-state index is -0.102. The van der Waals surface area contributed by atoms with Crippen LogP contribution in [-0.2, 0) is 4.79 Å². The second-order valence-electron chi connectivity index (χ2n) is 8.58. The van der Waals surface area contributed by atoms with Crippen molar-refractivity contribution in [2.45, 2.75) is 45.4 Å². The molecule has 4 aliphatic carbocycles. The molecule has 1 aromatic carbocycles. The molecular formula is C21H28N2O2. The Morgan fingerprint density at radius 1 is 1.00 bits per heavy atom. The first-order valence-electron chi connectivity index (χ1n) is 9.67.